The molecule has 2 aromatic heterocycles. The van der Waals surface area contributed by atoms with Gasteiger partial charge in [0.1, 0.15) is 16.8 Å². The number of rotatable bonds is 4. The first-order chi connectivity index (χ1) is 16.4. The molecule has 5 heterocycles. The molecule has 0 saturated carbocycles. The molecule has 0 amide bonds. The Morgan fingerprint density at radius 2 is 2.21 bits per heavy atom. The van der Waals surface area contributed by atoms with E-state index in [4.69, 9.17) is 4.74 Å². The minimum absolute atomic E-state index is 0.00471. The first kappa shape index (κ1) is 21.2. The third kappa shape index (κ3) is 3.28. The second kappa shape index (κ2) is 7.84. The van der Waals surface area contributed by atoms with E-state index in [0.717, 1.165) is 30.7 Å². The van der Waals surface area contributed by atoms with Crippen molar-refractivity contribution in [3.8, 4) is 5.75 Å². The fourth-order valence-electron chi connectivity index (χ4n) is 5.29. The van der Waals surface area contributed by atoms with E-state index in [0.29, 0.717) is 24.3 Å². The fraction of sp³-hybridized carbons (Fsp3) is 0.409. The first-order valence-corrected chi connectivity index (χ1v) is 11.9. The van der Waals surface area contributed by atoms with Crippen molar-refractivity contribution < 1.29 is 19.0 Å². The Balaban J connectivity index is 1.36. The van der Waals surface area contributed by atoms with Crippen molar-refractivity contribution >= 4 is 39.0 Å². The van der Waals surface area contributed by atoms with Crippen molar-refractivity contribution in [2.24, 2.45) is 0 Å². The number of hydrogen-bond donors (Lipinski definition) is 2. The third-order valence-corrected chi connectivity index (χ3v) is 7.54. The zero-order valence-corrected chi connectivity index (χ0v) is 19.2. The lowest BCUT2D eigenvalue weighted by atomic mass is 10.1. The molecule has 12 heteroatoms. The van der Waals surface area contributed by atoms with E-state index in [-0.39, 0.29) is 30.0 Å². The number of carbonyl (C=O) groups is 1. The van der Waals surface area contributed by atoms with Crippen molar-refractivity contribution in [3.05, 3.63) is 45.4 Å². The number of carboxylic acids is 1. The molecule has 2 N–H and O–H groups in total. The highest BCUT2D eigenvalue weighted by atomic mass is 32.1. The van der Waals surface area contributed by atoms with Crippen LogP contribution in [0.2, 0.25) is 0 Å². The number of thiazole rings is 1. The van der Waals surface area contributed by atoms with Crippen LogP contribution in [-0.4, -0.2) is 77.7 Å². The number of ether oxygens (including phenoxy) is 1. The molecule has 0 bridgehead atoms. The average molecular weight is 487 g/mol. The lowest BCUT2D eigenvalue weighted by Gasteiger charge is -2.40. The highest BCUT2D eigenvalue weighted by Gasteiger charge is 2.39. The Morgan fingerprint density at radius 1 is 1.35 bits per heavy atom. The predicted molar refractivity (Wildman–Crippen MR) is 126 cm³/mol. The minimum atomic E-state index is -1.35. The Bertz CT molecular complexity index is 1350. The number of halogens is 1. The number of aromatic carboxylic acids is 1. The summed E-state index contributed by atoms with van der Waals surface area (Å²) in [5.41, 5.74) is -0.413. The Morgan fingerprint density at radius 3 is 2.97 bits per heavy atom. The molecule has 3 aromatic rings. The van der Waals surface area contributed by atoms with Crippen LogP contribution in [0.15, 0.2) is 28.6 Å². The maximum atomic E-state index is 15.5. The van der Waals surface area contributed by atoms with Gasteiger partial charge in [0, 0.05) is 63.1 Å². The lowest BCUT2D eigenvalue weighted by Crippen LogP contribution is -2.51. The van der Waals surface area contributed by atoms with Gasteiger partial charge in [0.15, 0.2) is 23.4 Å². The fourth-order valence-corrected chi connectivity index (χ4v) is 5.90. The maximum absolute atomic E-state index is 15.5. The summed E-state index contributed by atoms with van der Waals surface area (Å²) in [5.74, 6) is -1.65. The van der Waals surface area contributed by atoms with Crippen LogP contribution in [0.3, 0.4) is 0 Å². The molecule has 34 heavy (non-hydrogen) atoms. The smallest absolute Gasteiger partial charge is 0.341 e. The zero-order chi connectivity index (χ0) is 23.6. The van der Waals surface area contributed by atoms with E-state index in [9.17, 15) is 14.7 Å². The molecule has 3 aliphatic rings. The van der Waals surface area contributed by atoms with Crippen molar-refractivity contribution in [3.63, 3.8) is 0 Å². The normalized spacial score (nSPS) is 22.1. The van der Waals surface area contributed by atoms with Crippen molar-refractivity contribution in [1.82, 2.24) is 14.6 Å². The van der Waals surface area contributed by atoms with E-state index in [1.165, 1.54) is 6.20 Å². The van der Waals surface area contributed by atoms with Crippen LogP contribution in [0.5, 0.6) is 5.75 Å². The van der Waals surface area contributed by atoms with Crippen molar-refractivity contribution in [1.29, 1.82) is 0 Å². The van der Waals surface area contributed by atoms with Crippen LogP contribution in [0.1, 0.15) is 16.8 Å². The van der Waals surface area contributed by atoms with Crippen LogP contribution in [0.4, 0.5) is 15.2 Å². The highest BCUT2D eigenvalue weighted by molar-refractivity contribution is 7.13. The molecule has 2 unspecified atom stereocenters. The van der Waals surface area contributed by atoms with Crippen LogP contribution in [0.25, 0.3) is 10.9 Å². The van der Waals surface area contributed by atoms with E-state index < -0.39 is 22.8 Å². The first-order valence-electron chi connectivity index (χ1n) is 11.0. The van der Waals surface area contributed by atoms with Crippen LogP contribution in [0, 0.1) is 5.82 Å². The van der Waals surface area contributed by atoms with Gasteiger partial charge in [-0.1, -0.05) is 0 Å². The molecule has 2 atom stereocenters. The van der Waals surface area contributed by atoms with E-state index in [1.807, 2.05) is 10.3 Å². The minimum Gasteiger partial charge on any atom is -0.477 e. The topological polar surface area (TPSA) is 103 Å². The van der Waals surface area contributed by atoms with Gasteiger partial charge in [0.2, 0.25) is 5.43 Å². The predicted octanol–water partition coefficient (Wildman–Crippen LogP) is 1.59. The van der Waals surface area contributed by atoms with E-state index in [1.54, 1.807) is 34.3 Å². The summed E-state index contributed by atoms with van der Waals surface area (Å²) >= 11 is 1.57. The summed E-state index contributed by atoms with van der Waals surface area (Å²) in [6.07, 6.45) is 3.98. The number of piperazine rings is 1. The van der Waals surface area contributed by atoms with Gasteiger partial charge in [0.05, 0.1) is 5.39 Å². The zero-order valence-electron chi connectivity index (χ0n) is 18.4. The molecule has 0 spiro atoms. The summed E-state index contributed by atoms with van der Waals surface area (Å²) in [6.45, 7) is 3.03. The number of pyridine rings is 1. The number of fused-ring (bicyclic) bond motifs is 1. The second-order valence-electron chi connectivity index (χ2n) is 8.89. The molecular weight excluding hydrogens is 463 g/mol. The Kier molecular flexibility index (Phi) is 4.88. The maximum Gasteiger partial charge on any atom is 0.341 e. The summed E-state index contributed by atoms with van der Waals surface area (Å²) in [5, 5.41) is 17.4. The van der Waals surface area contributed by atoms with Crippen molar-refractivity contribution in [2.75, 3.05) is 55.2 Å². The Hall–Kier alpha value is -3.38. The molecule has 178 valence electrons. The molecule has 0 aliphatic carbocycles. The molecule has 3 aliphatic heterocycles. The van der Waals surface area contributed by atoms with E-state index >= 15 is 4.39 Å². The monoisotopic (exact) mass is 486 g/mol. The van der Waals surface area contributed by atoms with E-state index in [2.05, 4.69) is 15.2 Å². The van der Waals surface area contributed by atoms with Crippen molar-refractivity contribution in [2.45, 2.75) is 18.5 Å². The molecule has 2 fully saturated rings. The van der Waals surface area contributed by atoms with Gasteiger partial charge in [-0.05, 0) is 12.5 Å². The quantitative estimate of drug-likeness (QED) is 0.569. The number of anilines is 2. The number of nitrogens with zero attached hydrogens (tertiary/aromatic N) is 5. The molecule has 1 aromatic carbocycles. The van der Waals surface area contributed by atoms with Crippen LogP contribution < -0.4 is 25.4 Å². The average Bonchev–Trinajstić information content (AvgIpc) is 3.46. The second-order valence-corrected chi connectivity index (χ2v) is 9.79. The SMILES string of the molecule is CN1COc2c(N3CCN4CC(Nc5nccs5)CC4C3)c(F)cc3c(=O)c(C(=O)O)cn1c23. The number of nitrogens with one attached hydrogen (secondary N) is 1. The standard InChI is InChI=1S/C22H23FN6O4S/c1-26-11-33-20-17-14(19(30)15(21(31)32)10-29(17)26)7-16(23)18(20)28-4-3-27-8-12(6-13(27)9-28)25-22-24-2-5-34-22/h2,5,7,10,12-13H,3-4,6,8-9,11H2,1H3,(H,24,25)(H,31,32). The molecular formula is C22H23FN6O4S. The molecule has 2 saturated heterocycles. The molecule has 6 rings (SSSR count). The van der Waals surface area contributed by atoms with Gasteiger partial charge in [-0.3, -0.25) is 19.4 Å². The Labute approximate surface area is 197 Å². The molecule has 0 radical (unpaired) electrons. The number of carboxylic acid groups (broad SMARTS) is 1. The van der Waals surface area contributed by atoms with Crippen LogP contribution >= 0.6 is 11.3 Å². The summed E-state index contributed by atoms with van der Waals surface area (Å²) in [7, 11) is 1.72. The van der Waals surface area contributed by atoms with Gasteiger partial charge in [0.25, 0.3) is 0 Å². The number of hydrogen-bond acceptors (Lipinski definition) is 9. The number of benzene rings is 1. The van der Waals surface area contributed by atoms with Gasteiger partial charge in [-0.15, -0.1) is 11.3 Å². The van der Waals surface area contributed by atoms with Gasteiger partial charge >= 0.3 is 5.97 Å². The lowest BCUT2D eigenvalue weighted by molar-refractivity contribution is 0.0694. The largest absolute Gasteiger partial charge is 0.477 e. The third-order valence-electron chi connectivity index (χ3n) is 6.84. The summed E-state index contributed by atoms with van der Waals surface area (Å²) in [6, 6.07) is 1.67. The van der Waals surface area contributed by atoms with Crippen LogP contribution in [-0.2, 0) is 0 Å². The summed E-state index contributed by atoms with van der Waals surface area (Å²) in [4.78, 5) is 33.1. The van der Waals surface area contributed by atoms with Gasteiger partial charge in [-0.25, -0.2) is 14.2 Å². The summed E-state index contributed by atoms with van der Waals surface area (Å²) < 4.78 is 23.0. The number of aromatic nitrogens is 2. The van der Waals surface area contributed by atoms with Gasteiger partial charge < -0.3 is 20.1 Å². The highest BCUT2D eigenvalue weighted by Crippen LogP contribution is 2.41. The molecule has 10 nitrogen and oxygen atoms in total. The van der Waals surface area contributed by atoms with Gasteiger partial charge in [-0.2, -0.15) is 0 Å².